The van der Waals surface area contributed by atoms with Gasteiger partial charge in [-0.2, -0.15) is 0 Å². The van der Waals surface area contributed by atoms with Crippen LogP contribution in [0, 0.1) is 6.92 Å². The fraction of sp³-hybridized carbons (Fsp3) is 0.375. The Morgan fingerprint density at radius 1 is 1.30 bits per heavy atom. The number of benzene rings is 1. The van der Waals surface area contributed by atoms with Crippen LogP contribution >= 0.6 is 35.7 Å². The Morgan fingerprint density at radius 2 is 2.13 bits per heavy atom. The number of halogens is 1. The first-order chi connectivity index (χ1) is 10.7. The third kappa shape index (κ3) is 6.42. The molecule has 2 rings (SSSR count). The maximum atomic E-state index is 4.82. The molecule has 0 aliphatic heterocycles. The average Bonchev–Trinajstić information content (AvgIpc) is 3.03. The predicted molar refractivity (Wildman–Crippen MR) is 107 cm³/mol. The van der Waals surface area contributed by atoms with Crippen molar-refractivity contribution in [1.29, 1.82) is 0 Å². The molecular formula is C16H23IN4OS. The first kappa shape index (κ1) is 19.8. The van der Waals surface area contributed by atoms with E-state index in [9.17, 15) is 0 Å². The predicted octanol–water partition coefficient (Wildman–Crippen LogP) is 3.58. The number of nitrogens with zero attached hydrogens (tertiary/aromatic N) is 2. The van der Waals surface area contributed by atoms with E-state index in [0.717, 1.165) is 18.2 Å². The maximum Gasteiger partial charge on any atom is 0.191 e. The van der Waals surface area contributed by atoms with Gasteiger partial charge in [0.2, 0.25) is 0 Å². The van der Waals surface area contributed by atoms with E-state index < -0.39 is 0 Å². The molecule has 0 bridgehead atoms. The summed E-state index contributed by atoms with van der Waals surface area (Å²) >= 11 is 1.77. The van der Waals surface area contributed by atoms with E-state index in [2.05, 4.69) is 52.2 Å². The minimum absolute atomic E-state index is 0. The SMILES string of the molecule is CCNC(=NCc1ccc(SC)c(C)c1)NCc1ccon1.I. The molecule has 1 heterocycles. The quantitative estimate of drug-likeness (QED) is 0.308. The number of hydrogen-bond donors (Lipinski definition) is 2. The first-order valence-corrected chi connectivity index (χ1v) is 8.50. The highest BCUT2D eigenvalue weighted by atomic mass is 127. The maximum absolute atomic E-state index is 4.82. The summed E-state index contributed by atoms with van der Waals surface area (Å²) in [5, 5.41) is 10.3. The molecule has 23 heavy (non-hydrogen) atoms. The van der Waals surface area contributed by atoms with E-state index in [0.29, 0.717) is 13.1 Å². The normalized spacial score (nSPS) is 11.0. The average molecular weight is 446 g/mol. The summed E-state index contributed by atoms with van der Waals surface area (Å²) in [6, 6.07) is 8.31. The molecule has 0 saturated heterocycles. The lowest BCUT2D eigenvalue weighted by Crippen LogP contribution is -2.36. The molecule has 0 fully saturated rings. The van der Waals surface area contributed by atoms with Gasteiger partial charge < -0.3 is 15.2 Å². The first-order valence-electron chi connectivity index (χ1n) is 7.28. The van der Waals surface area contributed by atoms with Gasteiger partial charge in [0.05, 0.1) is 13.1 Å². The molecule has 5 nitrogen and oxygen atoms in total. The minimum atomic E-state index is 0. The number of thioether (sulfide) groups is 1. The van der Waals surface area contributed by atoms with Crippen molar-refractivity contribution in [1.82, 2.24) is 15.8 Å². The molecular weight excluding hydrogens is 423 g/mol. The molecule has 0 spiro atoms. The third-order valence-electron chi connectivity index (χ3n) is 3.15. The lowest BCUT2D eigenvalue weighted by Gasteiger charge is -2.10. The number of guanidine groups is 1. The van der Waals surface area contributed by atoms with E-state index >= 15 is 0 Å². The van der Waals surface area contributed by atoms with Crippen molar-refractivity contribution in [2.24, 2.45) is 4.99 Å². The summed E-state index contributed by atoms with van der Waals surface area (Å²) in [6.07, 6.45) is 3.66. The van der Waals surface area contributed by atoms with Crippen LogP contribution in [0.25, 0.3) is 0 Å². The molecule has 1 aromatic heterocycles. The molecule has 0 atom stereocenters. The second-order valence-corrected chi connectivity index (χ2v) is 5.69. The van der Waals surface area contributed by atoms with Crippen molar-refractivity contribution in [2.45, 2.75) is 31.8 Å². The molecule has 126 valence electrons. The van der Waals surface area contributed by atoms with Gasteiger partial charge in [-0.25, -0.2) is 4.99 Å². The Bertz CT molecular complexity index is 617. The minimum Gasteiger partial charge on any atom is -0.364 e. The fourth-order valence-corrected chi connectivity index (χ4v) is 2.64. The van der Waals surface area contributed by atoms with Crippen LogP contribution in [0.1, 0.15) is 23.7 Å². The molecule has 0 unspecified atom stereocenters. The van der Waals surface area contributed by atoms with Gasteiger partial charge in [-0.05, 0) is 37.3 Å². The summed E-state index contributed by atoms with van der Waals surface area (Å²) in [4.78, 5) is 5.92. The van der Waals surface area contributed by atoms with Crippen LogP contribution in [-0.4, -0.2) is 23.9 Å². The highest BCUT2D eigenvalue weighted by molar-refractivity contribution is 14.0. The molecule has 0 aliphatic rings. The van der Waals surface area contributed by atoms with Crippen LogP contribution in [0.15, 0.2) is 44.9 Å². The number of aryl methyl sites for hydroxylation is 1. The summed E-state index contributed by atoms with van der Waals surface area (Å²) in [6.45, 7) is 6.23. The summed E-state index contributed by atoms with van der Waals surface area (Å²) in [5.74, 6) is 0.775. The fourth-order valence-electron chi connectivity index (χ4n) is 2.05. The number of nitrogens with one attached hydrogen (secondary N) is 2. The smallest absolute Gasteiger partial charge is 0.191 e. The lowest BCUT2D eigenvalue weighted by molar-refractivity contribution is 0.410. The van der Waals surface area contributed by atoms with Gasteiger partial charge in [-0.15, -0.1) is 35.7 Å². The van der Waals surface area contributed by atoms with Crippen LogP contribution in [0.4, 0.5) is 0 Å². The van der Waals surface area contributed by atoms with Gasteiger partial charge in [-0.1, -0.05) is 17.3 Å². The largest absolute Gasteiger partial charge is 0.364 e. The zero-order valence-electron chi connectivity index (χ0n) is 13.6. The van der Waals surface area contributed by atoms with Crippen molar-refractivity contribution >= 4 is 41.7 Å². The van der Waals surface area contributed by atoms with Gasteiger partial charge in [0.25, 0.3) is 0 Å². The Hall–Kier alpha value is -1.22. The number of aliphatic imine (C=N–C) groups is 1. The van der Waals surface area contributed by atoms with Crippen LogP contribution in [0.2, 0.25) is 0 Å². The van der Waals surface area contributed by atoms with Crippen molar-refractivity contribution in [2.75, 3.05) is 12.8 Å². The molecule has 2 N–H and O–H groups in total. The number of hydrogen-bond acceptors (Lipinski definition) is 4. The highest BCUT2D eigenvalue weighted by Crippen LogP contribution is 2.20. The van der Waals surface area contributed by atoms with Gasteiger partial charge in [0.15, 0.2) is 5.96 Å². The second-order valence-electron chi connectivity index (χ2n) is 4.84. The Morgan fingerprint density at radius 3 is 2.74 bits per heavy atom. The zero-order valence-corrected chi connectivity index (χ0v) is 16.8. The Kier molecular flexibility index (Phi) is 9.08. The van der Waals surface area contributed by atoms with Crippen LogP contribution in [-0.2, 0) is 13.1 Å². The summed E-state index contributed by atoms with van der Waals surface area (Å²) in [7, 11) is 0. The highest BCUT2D eigenvalue weighted by Gasteiger charge is 2.02. The van der Waals surface area contributed by atoms with Crippen molar-refractivity contribution in [3.8, 4) is 0 Å². The van der Waals surface area contributed by atoms with E-state index in [1.165, 1.54) is 16.0 Å². The number of rotatable bonds is 6. The topological polar surface area (TPSA) is 62.5 Å². The van der Waals surface area contributed by atoms with Crippen molar-refractivity contribution < 1.29 is 4.52 Å². The third-order valence-corrected chi connectivity index (χ3v) is 4.05. The van der Waals surface area contributed by atoms with Gasteiger partial charge >= 0.3 is 0 Å². The molecule has 2 aromatic rings. The van der Waals surface area contributed by atoms with Gasteiger partial charge in [0.1, 0.15) is 12.0 Å². The van der Waals surface area contributed by atoms with Crippen molar-refractivity contribution in [3.05, 3.63) is 47.3 Å². The van der Waals surface area contributed by atoms with Crippen LogP contribution in [0.5, 0.6) is 0 Å². The second kappa shape index (κ2) is 10.5. The summed E-state index contributed by atoms with van der Waals surface area (Å²) < 4.78 is 4.82. The van der Waals surface area contributed by atoms with Gasteiger partial charge in [-0.3, -0.25) is 0 Å². The zero-order chi connectivity index (χ0) is 15.8. The van der Waals surface area contributed by atoms with E-state index in [1.54, 1.807) is 18.0 Å². The van der Waals surface area contributed by atoms with Crippen LogP contribution in [0.3, 0.4) is 0 Å². The molecule has 0 saturated carbocycles. The molecule has 1 aromatic carbocycles. The molecule has 7 heteroatoms. The molecule has 0 radical (unpaired) electrons. The molecule has 0 aliphatic carbocycles. The van der Waals surface area contributed by atoms with E-state index in [4.69, 9.17) is 4.52 Å². The Balaban J connectivity index is 0.00000264. The van der Waals surface area contributed by atoms with Crippen LogP contribution < -0.4 is 10.6 Å². The molecule has 0 amide bonds. The van der Waals surface area contributed by atoms with E-state index in [1.807, 2.05) is 13.0 Å². The van der Waals surface area contributed by atoms with Crippen molar-refractivity contribution in [3.63, 3.8) is 0 Å². The summed E-state index contributed by atoms with van der Waals surface area (Å²) in [5.41, 5.74) is 3.35. The standard InChI is InChI=1S/C16H22N4OS.HI/c1-4-17-16(19-11-14-7-8-21-20-14)18-10-13-5-6-15(22-3)12(2)9-13;/h5-9H,4,10-11H2,1-3H3,(H2,17,18,19);1H. The van der Waals surface area contributed by atoms with Gasteiger partial charge in [0, 0.05) is 17.5 Å². The number of aromatic nitrogens is 1. The monoisotopic (exact) mass is 446 g/mol. The lowest BCUT2D eigenvalue weighted by atomic mass is 10.1. The van der Waals surface area contributed by atoms with E-state index in [-0.39, 0.29) is 24.0 Å². The Labute approximate surface area is 158 Å².